The smallest absolute Gasteiger partial charge is 1.00 e. The number of para-hydroxylation sites is 2. The van der Waals surface area contributed by atoms with E-state index < -0.39 is 23.3 Å². The number of anilines is 3. The van der Waals surface area contributed by atoms with Crippen LogP contribution in [0.2, 0.25) is 0 Å². The number of nitrogens with zero attached hydrogens (tertiary/aromatic N) is 14. The summed E-state index contributed by atoms with van der Waals surface area (Å²) in [5.41, 5.74) is 18.1. The van der Waals surface area contributed by atoms with Crippen molar-refractivity contribution in [2.75, 3.05) is 80.0 Å². The first-order valence-electron chi connectivity index (χ1n) is 30.1. The molecule has 28 nitrogen and oxygen atoms in total. The van der Waals surface area contributed by atoms with Crippen LogP contribution in [0.4, 0.5) is 15.4 Å². The quantitative estimate of drug-likeness (QED) is 0.0151. The number of alkyl halides is 1. The van der Waals surface area contributed by atoms with Gasteiger partial charge in [-0.2, -0.15) is 30.0 Å². The number of hydrogen-bond donors (Lipinski definition) is 4. The Bertz CT molecular complexity index is 3850. The van der Waals surface area contributed by atoms with Crippen molar-refractivity contribution in [1.82, 2.24) is 59.7 Å². The number of halogens is 3. The van der Waals surface area contributed by atoms with Crippen LogP contribution in [0, 0.1) is 19.3 Å². The normalized spacial score (nSPS) is 16.2. The number of piperidine rings is 2. The molecule has 2 amide bonds. The van der Waals surface area contributed by atoms with Crippen LogP contribution in [-0.2, 0) is 29.4 Å². The molecule has 4 aliphatic heterocycles. The summed E-state index contributed by atoms with van der Waals surface area (Å²) >= 11 is 15.7. The number of thiazole rings is 4. The van der Waals surface area contributed by atoms with E-state index in [1.165, 1.54) is 43.6 Å². The first-order valence-corrected chi connectivity index (χ1v) is 36.0. The zero-order valence-corrected chi connectivity index (χ0v) is 65.6. The van der Waals surface area contributed by atoms with Crippen molar-refractivity contribution in [2.45, 2.75) is 84.9 Å². The molecule has 6 aromatic heterocycles. The minimum absolute atomic E-state index is 0. The maximum Gasteiger partial charge on any atom is 2.00 e. The van der Waals surface area contributed by atoms with Gasteiger partial charge in [-0.1, -0.05) is 40.2 Å². The summed E-state index contributed by atoms with van der Waals surface area (Å²) in [5, 5.41) is 36.3. The van der Waals surface area contributed by atoms with Crippen LogP contribution in [-0.4, -0.2) is 211 Å². The average molecular weight is 1660 g/mol. The molecule has 0 bridgehead atoms. The van der Waals surface area contributed by atoms with Gasteiger partial charge in [0.05, 0.1) is 90.2 Å². The fourth-order valence-electron chi connectivity index (χ4n) is 10.4. The number of hydrogen-bond acceptors (Lipinski definition) is 27. The second kappa shape index (κ2) is 41.2. The summed E-state index contributed by atoms with van der Waals surface area (Å²) in [6.07, 6.45) is 10.6. The van der Waals surface area contributed by atoms with E-state index in [2.05, 4.69) is 105 Å². The van der Waals surface area contributed by atoms with Crippen molar-refractivity contribution in [3.63, 3.8) is 0 Å². The monoisotopic (exact) mass is 1660 g/mol. The summed E-state index contributed by atoms with van der Waals surface area (Å²) in [7, 11) is 0. The molecular weight excluding hydrogens is 1580 g/mol. The number of fused-ring (bicyclic) bond motifs is 2. The summed E-state index contributed by atoms with van der Waals surface area (Å²) in [4.78, 5) is 110. The number of esters is 3. The Morgan fingerprint density at radius 3 is 1.42 bits per heavy atom. The molecule has 0 unspecified atom stereocenters. The maximum absolute atomic E-state index is 13.5. The number of nitrogen functional groups attached to an aromatic ring is 1. The minimum atomic E-state index is -0.952. The van der Waals surface area contributed by atoms with E-state index in [-0.39, 0.29) is 106 Å². The molecule has 0 saturated carbocycles. The van der Waals surface area contributed by atoms with Crippen molar-refractivity contribution in [2.24, 2.45) is 23.3 Å². The zero-order chi connectivity index (χ0) is 69.6. The number of aliphatic hydroxyl groups is 1. The molecule has 4 aliphatic rings. The minimum Gasteiger partial charge on any atom is -1.00 e. The molecule has 7 N–H and O–H groups in total. The number of nitrogens with two attached hydrogens (primary N) is 3. The Morgan fingerprint density at radius 2 is 1.04 bits per heavy atom. The SMILES string of the molecule is CC(=O)c1csc(N2CC[C@@H]3CCN(C(=O)c4ccccc4-n4nccn4)C[C@@H]32)n1.CC(C)(O)c1csc(N2CC[C@@H]3CCN(C(=O)c4ccccc4-n4nccn4)C[C@@H]32)n1.CCOC(=O)C(=O)CBr.CCOC(=O)c1csc(Br)n1.CCOC(=O)c1csc(N)n1.NC(N)=S.[Br-].[CH3-].[Mg+2]. The summed E-state index contributed by atoms with van der Waals surface area (Å²) in [5.74, 6) is -1.01. The van der Waals surface area contributed by atoms with Crippen LogP contribution in [0.1, 0.15) is 125 Å². The Hall–Kier alpha value is -6.81. The van der Waals surface area contributed by atoms with Crippen molar-refractivity contribution < 1.29 is 69.9 Å². The third-order valence-electron chi connectivity index (χ3n) is 14.9. The van der Waals surface area contributed by atoms with Gasteiger partial charge in [-0.25, -0.2) is 34.3 Å². The number of benzene rings is 2. The predicted molar refractivity (Wildman–Crippen MR) is 389 cm³/mol. The van der Waals surface area contributed by atoms with Crippen LogP contribution in [0.5, 0.6) is 0 Å². The maximum atomic E-state index is 13.5. The zero-order valence-electron chi connectivity index (χ0n) is 55.4. The Kier molecular flexibility index (Phi) is 35.2. The predicted octanol–water partition coefficient (Wildman–Crippen LogP) is 5.12. The number of carbonyl (C=O) groups is 7. The summed E-state index contributed by atoms with van der Waals surface area (Å²) < 4.78 is 14.5. The van der Waals surface area contributed by atoms with Gasteiger partial charge in [-0.3, -0.25) is 19.2 Å². The first-order chi connectivity index (χ1) is 46.0. The van der Waals surface area contributed by atoms with E-state index in [0.717, 1.165) is 62.1 Å². The van der Waals surface area contributed by atoms with Gasteiger partial charge in [0.2, 0.25) is 5.78 Å². The number of aromatic nitrogens is 10. The van der Waals surface area contributed by atoms with Crippen molar-refractivity contribution in [3.8, 4) is 11.4 Å². The van der Waals surface area contributed by atoms with E-state index in [0.29, 0.717) is 86.8 Å². The molecule has 4 atom stereocenters. The van der Waals surface area contributed by atoms with Crippen LogP contribution >= 0.6 is 89.4 Å². The van der Waals surface area contributed by atoms with E-state index >= 15 is 0 Å². The molecule has 8 aromatic rings. The van der Waals surface area contributed by atoms with Crippen LogP contribution in [0.25, 0.3) is 11.4 Å². The standard InChI is InChI=1S/C22H26N6O2S.C21H22N6O2S.C6H6BrNO2S.C6H8N2O2S.C5H7BrO3.CH4N2S.CH3.BrH.Mg/c1-22(2,30)19-14-31-21(25-19)27-12-8-15-7-11-26(13-18(15)27)20(29)16-5-3-4-6-17(16)28-23-9-10-24-28;1-14(28)17-13-30-21(24-17)26-11-7-15-6-10-25(12-19(15)26)20(29)16-4-2-3-5-18(16)27-22-8-9-23-27;2*1-2-10-5(9)4-3-11-6(7)8-4;1-2-9-5(8)4(7)3-6;2-1(3)4;;;/h3-6,9-10,14-15,18,30H,7-8,11-13H2,1-2H3;2-5,8-9,13,15,19H,6-7,10-12H2,1H3;3H,2H2,1H3;3H,2H2,1H3,(H2,7,8);2-3H2,1H3;(H4,2,3,4);1H3;1H;/q;;;;;;-1;;+2/p-1/t15-,18-;15-,19-;;;;;;;/m00......./s1. The van der Waals surface area contributed by atoms with E-state index in [9.17, 15) is 38.7 Å². The number of rotatable bonds is 15. The van der Waals surface area contributed by atoms with Gasteiger partial charge in [0, 0.05) is 67.7 Å². The van der Waals surface area contributed by atoms with Crippen LogP contribution < -0.4 is 44.0 Å². The number of amides is 2. The fourth-order valence-corrected chi connectivity index (χ4v) is 14.2. The number of ketones is 2. The number of ether oxygens (including phenoxy) is 3. The Balaban J connectivity index is 0.000000281. The Morgan fingerprint density at radius 1 is 0.626 bits per heavy atom. The molecule has 0 radical (unpaired) electrons. The summed E-state index contributed by atoms with van der Waals surface area (Å²) in [6.45, 7) is 15.9. The topological polar surface area (TPSA) is 371 Å². The van der Waals surface area contributed by atoms with Crippen molar-refractivity contribution in [3.05, 3.63) is 140 Å². The average Bonchev–Trinajstić information content (AvgIpc) is 1.68. The molecule has 4 saturated heterocycles. The van der Waals surface area contributed by atoms with E-state index in [1.54, 1.807) is 88.4 Å². The Labute approximate surface area is 637 Å². The first kappa shape index (κ1) is 84.6. The number of thiocarbonyl (C=S) groups is 1. The molecule has 37 heteroatoms. The third kappa shape index (κ3) is 23.9. The molecule has 12 rings (SSSR count). The van der Waals surface area contributed by atoms with E-state index in [4.69, 9.17) is 20.2 Å². The van der Waals surface area contributed by atoms with Gasteiger partial charge in [0.15, 0.2) is 41.6 Å². The molecule has 99 heavy (non-hydrogen) atoms. The molecule has 2 aromatic carbocycles. The molecule has 528 valence electrons. The van der Waals surface area contributed by atoms with Crippen LogP contribution in [0.15, 0.2) is 98.8 Å². The van der Waals surface area contributed by atoms with Gasteiger partial charge >= 0.3 is 41.0 Å². The number of carbonyl (C=O) groups excluding carboxylic acids is 7. The van der Waals surface area contributed by atoms with Gasteiger partial charge < -0.3 is 80.5 Å². The summed E-state index contributed by atoms with van der Waals surface area (Å²) in [6, 6.07) is 15.4. The molecule has 0 spiro atoms. The van der Waals surface area contributed by atoms with Gasteiger partial charge in [-0.05, 0) is 125 Å². The molecular formula is C62H76Br3MgN17O11S5. The number of likely N-dealkylation sites (tertiary alicyclic amines) is 2. The van der Waals surface area contributed by atoms with Crippen molar-refractivity contribution in [1.29, 1.82) is 0 Å². The molecule has 10 heterocycles. The van der Waals surface area contributed by atoms with Crippen LogP contribution in [0.3, 0.4) is 0 Å². The molecule has 0 aliphatic carbocycles. The second-order valence-corrected chi connectivity index (χ2v) is 27.4. The van der Waals surface area contributed by atoms with Gasteiger partial charge in [-0.15, -0.1) is 45.3 Å². The second-order valence-electron chi connectivity index (χ2n) is 21.7. The third-order valence-corrected chi connectivity index (χ3v) is 19.2. The molecule has 4 fully saturated rings. The van der Waals surface area contributed by atoms with Gasteiger partial charge in [0.1, 0.15) is 11.3 Å². The van der Waals surface area contributed by atoms with E-state index in [1.807, 2.05) is 69.1 Å². The van der Waals surface area contributed by atoms with Gasteiger partial charge in [0.25, 0.3) is 11.8 Å². The fraction of sp³-hybridized carbons (Fsp3) is 0.403. The number of Topliss-reactive ketones (excluding diaryl/α,β-unsaturated/α-hetero) is 2. The largest absolute Gasteiger partial charge is 2.00 e. The van der Waals surface area contributed by atoms with Crippen molar-refractivity contribution >= 4 is 174 Å².